The first kappa shape index (κ1) is 12.6. The normalized spacial score (nSPS) is 11.3. The Hall–Kier alpha value is -1.81. The lowest BCUT2D eigenvalue weighted by molar-refractivity contribution is -0.118. The third kappa shape index (κ3) is 2.90. The van der Waals surface area contributed by atoms with Gasteiger partial charge in [-0.15, -0.1) is 0 Å². The quantitative estimate of drug-likeness (QED) is 0.841. The molecule has 1 aromatic heterocycles. The third-order valence-corrected chi connectivity index (χ3v) is 2.88. The van der Waals surface area contributed by atoms with E-state index < -0.39 is 0 Å². The Morgan fingerprint density at radius 1 is 1.39 bits per heavy atom. The van der Waals surface area contributed by atoms with Gasteiger partial charge in [0.05, 0.1) is 0 Å². The fourth-order valence-corrected chi connectivity index (χ4v) is 1.97. The maximum absolute atomic E-state index is 11.0. The Balaban J connectivity index is 2.27. The lowest BCUT2D eigenvalue weighted by Crippen LogP contribution is -2.21. The number of rotatable bonds is 5. The predicted molar refractivity (Wildman–Crippen MR) is 73.1 cm³/mol. The van der Waals surface area contributed by atoms with Gasteiger partial charge in [-0.2, -0.15) is 0 Å². The van der Waals surface area contributed by atoms with Crippen LogP contribution in [0.3, 0.4) is 0 Å². The first-order valence-corrected chi connectivity index (χ1v) is 6.15. The van der Waals surface area contributed by atoms with E-state index >= 15 is 0 Å². The van der Waals surface area contributed by atoms with Crippen molar-refractivity contribution in [1.29, 1.82) is 0 Å². The van der Waals surface area contributed by atoms with Gasteiger partial charge in [-0.3, -0.25) is 4.79 Å². The summed E-state index contributed by atoms with van der Waals surface area (Å²) in [7, 11) is 0. The average Bonchev–Trinajstić information content (AvgIpc) is 2.68. The molecule has 0 fully saturated rings. The van der Waals surface area contributed by atoms with Crippen molar-refractivity contribution in [2.24, 2.45) is 5.73 Å². The van der Waals surface area contributed by atoms with E-state index in [1.807, 2.05) is 16.8 Å². The number of hydrogen-bond donors (Lipinski definition) is 2. The summed E-state index contributed by atoms with van der Waals surface area (Å²) in [6.07, 6.45) is 1.90. The maximum atomic E-state index is 11.0. The number of nitrogens with zero attached hydrogens (tertiary/aromatic N) is 1. The van der Waals surface area contributed by atoms with Crippen molar-refractivity contribution >= 4 is 16.8 Å². The van der Waals surface area contributed by atoms with Crippen molar-refractivity contribution in [2.75, 3.05) is 0 Å². The van der Waals surface area contributed by atoms with Crippen molar-refractivity contribution in [3.8, 4) is 0 Å². The van der Waals surface area contributed by atoms with Gasteiger partial charge >= 0.3 is 0 Å². The van der Waals surface area contributed by atoms with Gasteiger partial charge in [-0.1, -0.05) is 26.0 Å². The van der Waals surface area contributed by atoms with Crippen molar-refractivity contribution in [3.63, 3.8) is 0 Å². The molecule has 1 aromatic carbocycles. The van der Waals surface area contributed by atoms with Crippen LogP contribution in [0.1, 0.15) is 19.4 Å². The maximum Gasteiger partial charge on any atom is 0.237 e. The lowest BCUT2D eigenvalue weighted by atomic mass is 10.1. The Bertz CT molecular complexity index is 557. The molecule has 0 saturated carbocycles. The van der Waals surface area contributed by atoms with Gasteiger partial charge in [0.15, 0.2) is 0 Å². The number of nitrogens with one attached hydrogen (secondary N) is 1. The number of amides is 1. The standard InChI is InChI=1S/C14H19N3O/c1-10(2)16-8-11-3-4-12-5-6-17(9-14(15)18)13(12)7-11/h3-7,10,16H,8-9H2,1-2H3,(H2,15,18). The summed E-state index contributed by atoms with van der Waals surface area (Å²) in [5, 5.41) is 4.51. The lowest BCUT2D eigenvalue weighted by Gasteiger charge is -2.09. The van der Waals surface area contributed by atoms with Crippen LogP contribution in [0.5, 0.6) is 0 Å². The van der Waals surface area contributed by atoms with E-state index in [4.69, 9.17) is 5.73 Å². The summed E-state index contributed by atoms with van der Waals surface area (Å²) < 4.78 is 1.89. The van der Waals surface area contributed by atoms with Crippen LogP contribution in [0, 0.1) is 0 Å². The minimum atomic E-state index is -0.321. The second kappa shape index (κ2) is 5.23. The molecule has 1 amide bonds. The summed E-state index contributed by atoms with van der Waals surface area (Å²) in [4.78, 5) is 11.0. The number of aromatic nitrogens is 1. The molecule has 96 valence electrons. The highest BCUT2D eigenvalue weighted by Crippen LogP contribution is 2.17. The van der Waals surface area contributed by atoms with E-state index in [9.17, 15) is 4.79 Å². The number of carbonyl (C=O) groups is 1. The minimum Gasteiger partial charge on any atom is -0.368 e. The summed E-state index contributed by atoms with van der Waals surface area (Å²) in [5.41, 5.74) is 7.50. The molecule has 0 atom stereocenters. The van der Waals surface area contributed by atoms with Crippen molar-refractivity contribution < 1.29 is 4.79 Å². The number of benzene rings is 1. The summed E-state index contributed by atoms with van der Waals surface area (Å²) in [6.45, 7) is 5.29. The van der Waals surface area contributed by atoms with Gasteiger partial charge in [0.25, 0.3) is 0 Å². The molecule has 2 aromatic rings. The zero-order chi connectivity index (χ0) is 13.1. The van der Waals surface area contributed by atoms with Crippen LogP contribution in [0.15, 0.2) is 30.5 Å². The highest BCUT2D eigenvalue weighted by molar-refractivity contribution is 5.83. The topological polar surface area (TPSA) is 60.1 Å². The largest absolute Gasteiger partial charge is 0.368 e. The fourth-order valence-electron chi connectivity index (χ4n) is 1.97. The first-order valence-electron chi connectivity index (χ1n) is 6.15. The molecule has 0 aliphatic rings. The van der Waals surface area contributed by atoms with Crippen LogP contribution in [0.4, 0.5) is 0 Å². The minimum absolute atomic E-state index is 0.227. The van der Waals surface area contributed by atoms with Gasteiger partial charge in [0.2, 0.25) is 5.91 Å². The average molecular weight is 245 g/mol. The van der Waals surface area contributed by atoms with E-state index in [2.05, 4.69) is 37.4 Å². The Morgan fingerprint density at radius 3 is 2.83 bits per heavy atom. The molecule has 18 heavy (non-hydrogen) atoms. The fraction of sp³-hybridized carbons (Fsp3) is 0.357. The molecule has 2 rings (SSSR count). The SMILES string of the molecule is CC(C)NCc1ccc2ccn(CC(N)=O)c2c1. The highest BCUT2D eigenvalue weighted by atomic mass is 16.1. The van der Waals surface area contributed by atoms with Crippen molar-refractivity contribution in [1.82, 2.24) is 9.88 Å². The predicted octanol–water partition coefficient (Wildman–Crippen LogP) is 1.62. The molecule has 4 heteroatoms. The molecule has 0 aliphatic carbocycles. The zero-order valence-corrected chi connectivity index (χ0v) is 10.8. The van der Waals surface area contributed by atoms with Crippen LogP contribution < -0.4 is 11.1 Å². The van der Waals surface area contributed by atoms with Crippen LogP contribution in [0.25, 0.3) is 10.9 Å². The van der Waals surface area contributed by atoms with Crippen LogP contribution >= 0.6 is 0 Å². The van der Waals surface area contributed by atoms with Gasteiger partial charge in [-0.25, -0.2) is 0 Å². The Kier molecular flexibility index (Phi) is 3.67. The molecular weight excluding hydrogens is 226 g/mol. The number of nitrogens with two attached hydrogens (primary N) is 1. The van der Waals surface area contributed by atoms with Crippen molar-refractivity contribution in [2.45, 2.75) is 33.0 Å². The molecular formula is C14H19N3O. The van der Waals surface area contributed by atoms with Gasteiger partial charge in [-0.05, 0) is 23.1 Å². The molecule has 0 bridgehead atoms. The van der Waals surface area contributed by atoms with Crippen LogP contribution in [-0.2, 0) is 17.9 Å². The van der Waals surface area contributed by atoms with Gasteiger partial charge < -0.3 is 15.6 Å². The number of hydrogen-bond acceptors (Lipinski definition) is 2. The number of fused-ring (bicyclic) bond motifs is 1. The Morgan fingerprint density at radius 2 is 2.17 bits per heavy atom. The molecule has 0 radical (unpaired) electrons. The second-order valence-electron chi connectivity index (χ2n) is 4.84. The molecule has 0 unspecified atom stereocenters. The molecule has 4 nitrogen and oxygen atoms in total. The van der Waals surface area contributed by atoms with E-state index in [-0.39, 0.29) is 12.5 Å². The molecule has 0 saturated heterocycles. The first-order chi connectivity index (χ1) is 8.56. The van der Waals surface area contributed by atoms with Crippen LogP contribution in [0.2, 0.25) is 0 Å². The zero-order valence-electron chi connectivity index (χ0n) is 10.8. The van der Waals surface area contributed by atoms with Crippen LogP contribution in [-0.4, -0.2) is 16.5 Å². The van der Waals surface area contributed by atoms with E-state index in [0.29, 0.717) is 6.04 Å². The van der Waals surface area contributed by atoms with E-state index in [1.165, 1.54) is 5.56 Å². The summed E-state index contributed by atoms with van der Waals surface area (Å²) >= 11 is 0. The smallest absolute Gasteiger partial charge is 0.237 e. The highest BCUT2D eigenvalue weighted by Gasteiger charge is 2.04. The molecule has 1 heterocycles. The van der Waals surface area contributed by atoms with Gasteiger partial charge in [0, 0.05) is 24.3 Å². The van der Waals surface area contributed by atoms with E-state index in [0.717, 1.165) is 17.4 Å². The number of primary amides is 1. The molecule has 0 aliphatic heterocycles. The summed E-state index contributed by atoms with van der Waals surface area (Å²) in [5.74, 6) is -0.321. The monoisotopic (exact) mass is 245 g/mol. The molecule has 3 N–H and O–H groups in total. The van der Waals surface area contributed by atoms with E-state index in [1.54, 1.807) is 0 Å². The Labute approximate surface area is 107 Å². The second-order valence-corrected chi connectivity index (χ2v) is 4.84. The van der Waals surface area contributed by atoms with Crippen molar-refractivity contribution in [3.05, 3.63) is 36.0 Å². The number of carbonyl (C=O) groups excluding carboxylic acids is 1. The van der Waals surface area contributed by atoms with Gasteiger partial charge in [0.1, 0.15) is 6.54 Å². The summed E-state index contributed by atoms with van der Waals surface area (Å²) in [6, 6.07) is 8.74. The molecule has 0 spiro atoms. The third-order valence-electron chi connectivity index (χ3n) is 2.88.